The maximum absolute atomic E-state index is 9.52. The number of nitrogen functional groups attached to an aromatic ring is 1. The summed E-state index contributed by atoms with van der Waals surface area (Å²) in [6, 6.07) is 15.9. The van der Waals surface area contributed by atoms with Crippen molar-refractivity contribution in [3.05, 3.63) is 59.7 Å². The number of rotatable bonds is 5. The highest BCUT2D eigenvalue weighted by Gasteiger charge is 2.10. The number of aliphatic hydroxyl groups excluding tert-OH is 1. The maximum atomic E-state index is 9.52. The van der Waals surface area contributed by atoms with Crippen LogP contribution in [-0.4, -0.2) is 17.8 Å². The van der Waals surface area contributed by atoms with Crippen LogP contribution in [0.1, 0.15) is 11.1 Å². The number of hydrogen-bond donors (Lipinski definition) is 3. The molecule has 2 aromatic rings. The van der Waals surface area contributed by atoms with E-state index in [1.165, 1.54) is 5.56 Å². The van der Waals surface area contributed by atoms with Crippen molar-refractivity contribution in [1.29, 1.82) is 0 Å². The molecule has 1 unspecified atom stereocenters. The average Bonchev–Trinajstić information content (AvgIpc) is 2.44. The Morgan fingerprint density at radius 2 is 1.84 bits per heavy atom. The molecular weight excluding hydrogens is 236 g/mol. The van der Waals surface area contributed by atoms with Crippen LogP contribution in [0.4, 0.5) is 11.4 Å². The van der Waals surface area contributed by atoms with Gasteiger partial charge in [-0.05, 0) is 36.6 Å². The molecule has 0 bridgehead atoms. The predicted molar refractivity (Wildman–Crippen MR) is 80.2 cm³/mol. The molecule has 0 aliphatic carbocycles. The fraction of sp³-hybridized carbons (Fsp3) is 0.250. The first-order valence-electron chi connectivity index (χ1n) is 6.47. The molecule has 1 atom stereocenters. The van der Waals surface area contributed by atoms with E-state index in [0.29, 0.717) is 0 Å². The van der Waals surface area contributed by atoms with Crippen molar-refractivity contribution in [2.24, 2.45) is 0 Å². The molecular formula is C16H20N2O. The molecule has 0 spiro atoms. The molecule has 2 rings (SSSR count). The van der Waals surface area contributed by atoms with E-state index in [9.17, 15) is 5.11 Å². The highest BCUT2D eigenvalue weighted by Crippen LogP contribution is 2.21. The minimum absolute atomic E-state index is 0.0112. The van der Waals surface area contributed by atoms with Gasteiger partial charge in [0.2, 0.25) is 0 Å². The first-order valence-corrected chi connectivity index (χ1v) is 6.47. The molecule has 3 nitrogen and oxygen atoms in total. The third-order valence-electron chi connectivity index (χ3n) is 3.28. The van der Waals surface area contributed by atoms with Gasteiger partial charge in [-0.15, -0.1) is 0 Å². The molecule has 0 saturated heterocycles. The molecule has 100 valence electrons. The van der Waals surface area contributed by atoms with Crippen LogP contribution >= 0.6 is 0 Å². The van der Waals surface area contributed by atoms with E-state index < -0.39 is 0 Å². The second-order valence-corrected chi connectivity index (χ2v) is 4.73. The molecule has 0 radical (unpaired) electrons. The molecule has 3 heteroatoms. The van der Waals surface area contributed by atoms with Crippen molar-refractivity contribution < 1.29 is 5.11 Å². The van der Waals surface area contributed by atoms with Crippen LogP contribution in [0.2, 0.25) is 0 Å². The monoisotopic (exact) mass is 256 g/mol. The normalized spacial score (nSPS) is 12.1. The van der Waals surface area contributed by atoms with E-state index in [0.717, 1.165) is 23.4 Å². The van der Waals surface area contributed by atoms with Crippen molar-refractivity contribution in [3.63, 3.8) is 0 Å². The molecule has 0 heterocycles. The first kappa shape index (κ1) is 13.4. The third-order valence-corrected chi connectivity index (χ3v) is 3.28. The van der Waals surface area contributed by atoms with Crippen molar-refractivity contribution in [2.75, 3.05) is 17.7 Å². The molecule has 2 aromatic carbocycles. The number of aliphatic hydroxyl groups is 1. The minimum Gasteiger partial charge on any atom is -0.398 e. The average molecular weight is 256 g/mol. The number of anilines is 2. The van der Waals surface area contributed by atoms with Crippen molar-refractivity contribution in [1.82, 2.24) is 0 Å². The molecule has 0 saturated carbocycles. The second kappa shape index (κ2) is 6.25. The number of nitrogens with one attached hydrogen (secondary N) is 1. The van der Waals surface area contributed by atoms with Gasteiger partial charge in [-0.3, -0.25) is 0 Å². The topological polar surface area (TPSA) is 58.3 Å². The van der Waals surface area contributed by atoms with E-state index in [1.54, 1.807) is 0 Å². The van der Waals surface area contributed by atoms with Gasteiger partial charge in [0.25, 0.3) is 0 Å². The number of hydrogen-bond acceptors (Lipinski definition) is 3. The third kappa shape index (κ3) is 3.48. The van der Waals surface area contributed by atoms with Gasteiger partial charge in [-0.1, -0.05) is 36.4 Å². The molecule has 0 amide bonds. The lowest BCUT2D eigenvalue weighted by molar-refractivity contribution is 0.273. The van der Waals surface area contributed by atoms with Crippen LogP contribution in [0.3, 0.4) is 0 Å². The molecule has 0 aliphatic rings. The Kier molecular flexibility index (Phi) is 4.42. The quantitative estimate of drug-likeness (QED) is 0.721. The molecule has 0 aromatic heterocycles. The van der Waals surface area contributed by atoms with E-state index in [1.807, 2.05) is 43.3 Å². The van der Waals surface area contributed by atoms with Crippen LogP contribution in [0.15, 0.2) is 48.5 Å². The second-order valence-electron chi connectivity index (χ2n) is 4.73. The van der Waals surface area contributed by atoms with Gasteiger partial charge in [-0.2, -0.15) is 0 Å². The Bertz CT molecular complexity index is 526. The van der Waals surface area contributed by atoms with Crippen molar-refractivity contribution >= 4 is 11.4 Å². The van der Waals surface area contributed by atoms with Crippen LogP contribution < -0.4 is 11.1 Å². The van der Waals surface area contributed by atoms with Gasteiger partial charge in [0.1, 0.15) is 0 Å². The Morgan fingerprint density at radius 3 is 2.53 bits per heavy atom. The van der Waals surface area contributed by atoms with Crippen LogP contribution in [-0.2, 0) is 6.42 Å². The highest BCUT2D eigenvalue weighted by molar-refractivity contribution is 5.63. The molecule has 19 heavy (non-hydrogen) atoms. The summed E-state index contributed by atoms with van der Waals surface area (Å²) in [4.78, 5) is 0. The van der Waals surface area contributed by atoms with Gasteiger partial charge in [0.15, 0.2) is 0 Å². The largest absolute Gasteiger partial charge is 0.398 e. The maximum Gasteiger partial charge on any atom is 0.0636 e. The summed E-state index contributed by atoms with van der Waals surface area (Å²) in [6.07, 6.45) is 0.783. The predicted octanol–water partition coefficient (Wildman–Crippen LogP) is 2.59. The van der Waals surface area contributed by atoms with Gasteiger partial charge < -0.3 is 16.2 Å². The summed E-state index contributed by atoms with van der Waals surface area (Å²) in [5, 5.41) is 12.9. The zero-order valence-corrected chi connectivity index (χ0v) is 11.1. The first-order chi connectivity index (χ1) is 9.20. The fourth-order valence-corrected chi connectivity index (χ4v) is 2.09. The zero-order valence-electron chi connectivity index (χ0n) is 11.1. The van der Waals surface area contributed by atoms with Crippen LogP contribution in [0, 0.1) is 6.92 Å². The van der Waals surface area contributed by atoms with Gasteiger partial charge >= 0.3 is 0 Å². The standard InChI is InChI=1S/C16H20N2O/c1-12-15(17)8-5-9-16(12)18-14(11-19)10-13-6-3-2-4-7-13/h2-9,14,18-19H,10-11,17H2,1H3. The van der Waals surface area contributed by atoms with E-state index in [-0.39, 0.29) is 12.6 Å². The lowest BCUT2D eigenvalue weighted by Gasteiger charge is -2.20. The molecule has 4 N–H and O–H groups in total. The van der Waals surface area contributed by atoms with Gasteiger partial charge in [0.05, 0.1) is 12.6 Å². The summed E-state index contributed by atoms with van der Waals surface area (Å²) < 4.78 is 0. The fourth-order valence-electron chi connectivity index (χ4n) is 2.09. The van der Waals surface area contributed by atoms with Gasteiger partial charge in [-0.25, -0.2) is 0 Å². The summed E-state index contributed by atoms with van der Waals surface area (Å²) >= 11 is 0. The Balaban J connectivity index is 2.09. The molecule has 0 fully saturated rings. The van der Waals surface area contributed by atoms with Crippen molar-refractivity contribution in [2.45, 2.75) is 19.4 Å². The summed E-state index contributed by atoms with van der Waals surface area (Å²) in [7, 11) is 0. The van der Waals surface area contributed by atoms with Crippen LogP contribution in [0.5, 0.6) is 0 Å². The number of nitrogens with two attached hydrogens (primary N) is 1. The summed E-state index contributed by atoms with van der Waals surface area (Å²) in [5.74, 6) is 0. The Labute approximate surface area is 114 Å². The minimum atomic E-state index is -0.0112. The Hall–Kier alpha value is -2.00. The zero-order chi connectivity index (χ0) is 13.7. The number of benzene rings is 2. The summed E-state index contributed by atoms with van der Waals surface area (Å²) in [6.45, 7) is 2.07. The smallest absolute Gasteiger partial charge is 0.0636 e. The van der Waals surface area contributed by atoms with E-state index in [4.69, 9.17) is 5.73 Å². The van der Waals surface area contributed by atoms with E-state index >= 15 is 0 Å². The lowest BCUT2D eigenvalue weighted by Crippen LogP contribution is -2.26. The lowest BCUT2D eigenvalue weighted by atomic mass is 10.1. The Morgan fingerprint density at radius 1 is 1.11 bits per heavy atom. The van der Waals surface area contributed by atoms with Crippen molar-refractivity contribution in [3.8, 4) is 0 Å². The SMILES string of the molecule is Cc1c(N)cccc1NC(CO)Cc1ccccc1. The summed E-state index contributed by atoms with van der Waals surface area (Å²) in [5.41, 5.74) is 9.86. The molecule has 0 aliphatic heterocycles. The highest BCUT2D eigenvalue weighted by atomic mass is 16.3. The van der Waals surface area contributed by atoms with Gasteiger partial charge in [0, 0.05) is 11.4 Å². The van der Waals surface area contributed by atoms with E-state index in [2.05, 4.69) is 17.4 Å². The van der Waals surface area contributed by atoms with Crippen LogP contribution in [0.25, 0.3) is 0 Å².